The smallest absolute Gasteiger partial charge is 0.254 e. The number of carbonyl (C=O) groups is 1. The van der Waals surface area contributed by atoms with Gasteiger partial charge in [0.05, 0.1) is 6.42 Å². The molecule has 1 N–H and O–H groups in total. The first-order valence-electron chi connectivity index (χ1n) is 6.94. The normalized spacial score (nSPS) is 10.4. The maximum absolute atomic E-state index is 12.5. The first-order valence-corrected chi connectivity index (χ1v) is 6.94. The van der Waals surface area contributed by atoms with E-state index in [9.17, 15) is 9.59 Å². The monoisotopic (exact) mass is 285 g/mol. The van der Waals surface area contributed by atoms with Gasteiger partial charge in [-0.25, -0.2) is 4.98 Å². The number of aryl methyl sites for hydroxylation is 2. The van der Waals surface area contributed by atoms with Crippen molar-refractivity contribution < 1.29 is 4.79 Å². The van der Waals surface area contributed by atoms with Gasteiger partial charge in [0, 0.05) is 23.5 Å². The highest BCUT2D eigenvalue weighted by Crippen LogP contribution is 2.14. The third kappa shape index (κ3) is 3.37. The fraction of sp³-hybridized carbons (Fsp3) is 0.312. The maximum atomic E-state index is 12.5. The van der Waals surface area contributed by atoms with E-state index >= 15 is 0 Å². The average molecular weight is 285 g/mol. The van der Waals surface area contributed by atoms with Crippen LogP contribution >= 0.6 is 0 Å². The minimum Gasteiger partial charge on any atom is -0.312 e. The number of benzene rings is 1. The van der Waals surface area contributed by atoms with Crippen LogP contribution in [0, 0.1) is 13.8 Å². The number of anilines is 1. The van der Waals surface area contributed by atoms with Gasteiger partial charge in [0.25, 0.3) is 5.56 Å². The summed E-state index contributed by atoms with van der Waals surface area (Å²) in [6.45, 7) is 5.94. The van der Waals surface area contributed by atoms with Crippen molar-refractivity contribution in [3.63, 3.8) is 0 Å². The first-order chi connectivity index (χ1) is 10.0. The van der Waals surface area contributed by atoms with E-state index in [-0.39, 0.29) is 17.9 Å². The van der Waals surface area contributed by atoms with Gasteiger partial charge in [-0.3, -0.25) is 9.59 Å². The van der Waals surface area contributed by atoms with Gasteiger partial charge in [0.1, 0.15) is 5.82 Å². The molecule has 1 aromatic heterocycles. The summed E-state index contributed by atoms with van der Waals surface area (Å²) in [5, 5.41) is 0. The SMILES string of the molecule is CCN(C(=O)Cc1c(C)nc(C)[nH]c1=O)c1ccccc1. The van der Waals surface area contributed by atoms with Gasteiger partial charge >= 0.3 is 0 Å². The zero-order chi connectivity index (χ0) is 15.4. The molecule has 0 spiro atoms. The second-order valence-corrected chi connectivity index (χ2v) is 4.87. The number of rotatable bonds is 4. The standard InChI is InChI=1S/C16H19N3O2/c1-4-19(13-8-6-5-7-9-13)15(20)10-14-11(2)17-12(3)18-16(14)21/h5-9H,4,10H2,1-3H3,(H,17,18,21). The molecular formula is C16H19N3O2. The summed E-state index contributed by atoms with van der Waals surface area (Å²) in [6, 6.07) is 9.44. The van der Waals surface area contributed by atoms with Gasteiger partial charge in [-0.15, -0.1) is 0 Å². The first kappa shape index (κ1) is 15.0. The molecule has 0 saturated heterocycles. The van der Waals surface area contributed by atoms with Crippen LogP contribution in [-0.2, 0) is 11.2 Å². The van der Waals surface area contributed by atoms with E-state index in [1.807, 2.05) is 37.3 Å². The molecule has 2 rings (SSSR count). The number of aromatic nitrogens is 2. The van der Waals surface area contributed by atoms with E-state index < -0.39 is 0 Å². The number of nitrogens with one attached hydrogen (secondary N) is 1. The molecule has 5 heteroatoms. The Hall–Kier alpha value is -2.43. The van der Waals surface area contributed by atoms with Crippen LogP contribution in [0.15, 0.2) is 35.1 Å². The molecule has 0 fully saturated rings. The Balaban J connectivity index is 2.27. The molecular weight excluding hydrogens is 266 g/mol. The van der Waals surface area contributed by atoms with Crippen molar-refractivity contribution in [1.29, 1.82) is 0 Å². The number of hydrogen-bond donors (Lipinski definition) is 1. The number of aromatic amines is 1. The van der Waals surface area contributed by atoms with Crippen molar-refractivity contribution in [2.75, 3.05) is 11.4 Å². The highest BCUT2D eigenvalue weighted by molar-refractivity contribution is 5.94. The van der Waals surface area contributed by atoms with Gasteiger partial charge in [0.15, 0.2) is 0 Å². The second kappa shape index (κ2) is 6.35. The summed E-state index contributed by atoms with van der Waals surface area (Å²) in [5.41, 5.74) is 1.63. The molecule has 1 amide bonds. The fourth-order valence-electron chi connectivity index (χ4n) is 2.32. The van der Waals surface area contributed by atoms with Crippen molar-refractivity contribution in [2.45, 2.75) is 27.2 Å². The van der Waals surface area contributed by atoms with Crippen LogP contribution in [0.25, 0.3) is 0 Å². The van der Waals surface area contributed by atoms with E-state index in [1.54, 1.807) is 18.7 Å². The quantitative estimate of drug-likeness (QED) is 0.934. The molecule has 5 nitrogen and oxygen atoms in total. The summed E-state index contributed by atoms with van der Waals surface area (Å²) in [7, 11) is 0. The molecule has 2 aromatic rings. The van der Waals surface area contributed by atoms with Crippen LogP contribution in [-0.4, -0.2) is 22.4 Å². The van der Waals surface area contributed by atoms with E-state index in [4.69, 9.17) is 0 Å². The molecule has 21 heavy (non-hydrogen) atoms. The summed E-state index contributed by atoms with van der Waals surface area (Å²) in [6.07, 6.45) is 0.0528. The Morgan fingerprint density at radius 3 is 2.48 bits per heavy atom. The Labute approximate surface area is 123 Å². The van der Waals surface area contributed by atoms with Gasteiger partial charge in [-0.2, -0.15) is 0 Å². The predicted octanol–water partition coefficient (Wildman–Crippen LogP) is 1.98. The van der Waals surface area contributed by atoms with E-state index in [0.29, 0.717) is 23.6 Å². The number of H-pyrrole nitrogens is 1. The Bertz CT molecular complexity index is 692. The lowest BCUT2D eigenvalue weighted by Crippen LogP contribution is -2.34. The second-order valence-electron chi connectivity index (χ2n) is 4.87. The lowest BCUT2D eigenvalue weighted by molar-refractivity contribution is -0.118. The summed E-state index contributed by atoms with van der Waals surface area (Å²) >= 11 is 0. The third-order valence-electron chi connectivity index (χ3n) is 3.35. The lowest BCUT2D eigenvalue weighted by atomic mass is 10.1. The number of likely N-dealkylation sites (N-methyl/N-ethyl adjacent to an activating group) is 1. The Morgan fingerprint density at radius 1 is 1.24 bits per heavy atom. The van der Waals surface area contributed by atoms with Gasteiger partial charge < -0.3 is 9.88 Å². The molecule has 0 unspecified atom stereocenters. The van der Waals surface area contributed by atoms with Crippen LogP contribution in [0.2, 0.25) is 0 Å². The van der Waals surface area contributed by atoms with Crippen LogP contribution in [0.4, 0.5) is 5.69 Å². The molecule has 0 saturated carbocycles. The number of hydrogen-bond acceptors (Lipinski definition) is 3. The number of para-hydroxylation sites is 1. The molecule has 0 radical (unpaired) electrons. The number of carbonyl (C=O) groups excluding carboxylic acids is 1. The number of nitrogens with zero attached hydrogens (tertiary/aromatic N) is 2. The van der Waals surface area contributed by atoms with Crippen LogP contribution < -0.4 is 10.5 Å². The molecule has 1 aromatic carbocycles. The minimum atomic E-state index is -0.238. The molecule has 0 bridgehead atoms. The molecule has 0 atom stereocenters. The summed E-state index contributed by atoms with van der Waals surface area (Å²) in [5.74, 6) is 0.451. The maximum Gasteiger partial charge on any atom is 0.254 e. The van der Waals surface area contributed by atoms with Crippen molar-refractivity contribution in [1.82, 2.24) is 9.97 Å². The Morgan fingerprint density at radius 2 is 1.90 bits per heavy atom. The minimum absolute atomic E-state index is 0.0528. The highest BCUT2D eigenvalue weighted by Gasteiger charge is 2.17. The zero-order valence-electron chi connectivity index (χ0n) is 12.5. The van der Waals surface area contributed by atoms with Crippen LogP contribution in [0.5, 0.6) is 0 Å². The largest absolute Gasteiger partial charge is 0.312 e. The molecule has 1 heterocycles. The average Bonchev–Trinajstić information content (AvgIpc) is 2.45. The van der Waals surface area contributed by atoms with Crippen molar-refractivity contribution in [3.05, 3.63) is 57.8 Å². The van der Waals surface area contributed by atoms with Crippen molar-refractivity contribution in [2.24, 2.45) is 0 Å². The van der Waals surface area contributed by atoms with Crippen molar-refractivity contribution >= 4 is 11.6 Å². The van der Waals surface area contributed by atoms with Gasteiger partial charge in [0.2, 0.25) is 5.91 Å². The molecule has 0 aliphatic carbocycles. The topological polar surface area (TPSA) is 66.1 Å². The van der Waals surface area contributed by atoms with Crippen LogP contribution in [0.3, 0.4) is 0 Å². The molecule has 110 valence electrons. The highest BCUT2D eigenvalue weighted by atomic mass is 16.2. The van der Waals surface area contributed by atoms with Gasteiger partial charge in [-0.05, 0) is 32.9 Å². The third-order valence-corrected chi connectivity index (χ3v) is 3.35. The number of amides is 1. The summed E-state index contributed by atoms with van der Waals surface area (Å²) in [4.78, 5) is 33.0. The van der Waals surface area contributed by atoms with Gasteiger partial charge in [-0.1, -0.05) is 18.2 Å². The molecule has 0 aliphatic rings. The fourth-order valence-corrected chi connectivity index (χ4v) is 2.32. The molecule has 0 aliphatic heterocycles. The van der Waals surface area contributed by atoms with Crippen LogP contribution in [0.1, 0.15) is 24.0 Å². The lowest BCUT2D eigenvalue weighted by Gasteiger charge is -2.21. The van der Waals surface area contributed by atoms with Crippen molar-refractivity contribution in [3.8, 4) is 0 Å². The van der Waals surface area contributed by atoms with E-state index in [1.165, 1.54) is 0 Å². The Kier molecular flexibility index (Phi) is 4.52. The summed E-state index contributed by atoms with van der Waals surface area (Å²) < 4.78 is 0. The predicted molar refractivity (Wildman–Crippen MR) is 82.5 cm³/mol. The van der Waals surface area contributed by atoms with E-state index in [2.05, 4.69) is 9.97 Å². The van der Waals surface area contributed by atoms with E-state index in [0.717, 1.165) is 5.69 Å². The zero-order valence-corrected chi connectivity index (χ0v) is 12.5.